The Kier molecular flexibility index (Phi) is 3.58. The average molecular weight is 262 g/mol. The van der Waals surface area contributed by atoms with Crippen molar-refractivity contribution in [2.45, 2.75) is 13.8 Å². The third-order valence-corrected chi connectivity index (χ3v) is 2.78. The number of carbonyl (C=O) groups is 1. The van der Waals surface area contributed by atoms with E-state index in [1.54, 1.807) is 24.5 Å². The molecule has 0 aromatic carbocycles. The van der Waals surface area contributed by atoms with Gasteiger partial charge in [0.15, 0.2) is 5.15 Å². The van der Waals surface area contributed by atoms with Crippen LogP contribution in [-0.2, 0) is 0 Å². The molecule has 0 saturated carbocycles. The molecule has 1 amide bonds. The van der Waals surface area contributed by atoms with Gasteiger partial charge in [0.2, 0.25) is 0 Å². The summed E-state index contributed by atoms with van der Waals surface area (Å²) in [6.07, 6.45) is 4.81. The molecule has 1 N–H and O–H groups in total. The van der Waals surface area contributed by atoms with E-state index in [0.29, 0.717) is 11.3 Å². The topological polar surface area (TPSA) is 54.9 Å². The predicted molar refractivity (Wildman–Crippen MR) is 70.9 cm³/mol. The first kappa shape index (κ1) is 12.5. The molecule has 0 spiro atoms. The second-order valence-electron chi connectivity index (χ2n) is 4.00. The minimum atomic E-state index is -0.246. The molecule has 0 atom stereocenters. The number of aryl methyl sites for hydroxylation is 2. The molecule has 5 heteroatoms. The van der Waals surface area contributed by atoms with Gasteiger partial charge in [-0.25, -0.2) is 4.98 Å². The Bertz CT molecular complexity index is 578. The van der Waals surface area contributed by atoms with Gasteiger partial charge in [0.25, 0.3) is 5.91 Å². The fraction of sp³-hybridized carbons (Fsp3) is 0.154. The highest BCUT2D eigenvalue weighted by atomic mass is 35.5. The van der Waals surface area contributed by atoms with Crippen LogP contribution in [0.2, 0.25) is 5.15 Å². The molecule has 0 aliphatic carbocycles. The van der Waals surface area contributed by atoms with Gasteiger partial charge in [-0.1, -0.05) is 11.6 Å². The van der Waals surface area contributed by atoms with Crippen molar-refractivity contribution < 1.29 is 4.79 Å². The first-order valence-corrected chi connectivity index (χ1v) is 5.80. The highest BCUT2D eigenvalue weighted by molar-refractivity contribution is 6.32. The van der Waals surface area contributed by atoms with Crippen molar-refractivity contribution in [1.29, 1.82) is 0 Å². The van der Waals surface area contributed by atoms with E-state index in [1.165, 1.54) is 6.20 Å². The van der Waals surface area contributed by atoms with E-state index in [4.69, 9.17) is 11.6 Å². The van der Waals surface area contributed by atoms with E-state index in [2.05, 4.69) is 15.3 Å². The summed E-state index contributed by atoms with van der Waals surface area (Å²) in [5.41, 5.74) is 2.82. The first-order chi connectivity index (χ1) is 8.58. The van der Waals surface area contributed by atoms with Gasteiger partial charge >= 0.3 is 0 Å². The maximum atomic E-state index is 12.0. The minimum Gasteiger partial charge on any atom is -0.319 e. The highest BCUT2D eigenvalue weighted by Gasteiger charge is 2.11. The Balaban J connectivity index is 2.27. The molecule has 0 aliphatic heterocycles. The molecule has 92 valence electrons. The third-order valence-electron chi connectivity index (χ3n) is 2.49. The second-order valence-corrected chi connectivity index (χ2v) is 4.36. The van der Waals surface area contributed by atoms with E-state index in [0.717, 1.165) is 11.1 Å². The fourth-order valence-electron chi connectivity index (χ4n) is 1.54. The lowest BCUT2D eigenvalue weighted by Gasteiger charge is -2.09. The Hall–Kier alpha value is -1.94. The lowest BCUT2D eigenvalue weighted by Crippen LogP contribution is -2.14. The summed E-state index contributed by atoms with van der Waals surface area (Å²) < 4.78 is 0. The summed E-state index contributed by atoms with van der Waals surface area (Å²) in [5.74, 6) is -0.246. The summed E-state index contributed by atoms with van der Waals surface area (Å²) in [4.78, 5) is 20.0. The molecule has 0 bridgehead atoms. The molecule has 0 radical (unpaired) electrons. The van der Waals surface area contributed by atoms with E-state index in [1.807, 2.05) is 13.8 Å². The van der Waals surface area contributed by atoms with E-state index >= 15 is 0 Å². The quantitative estimate of drug-likeness (QED) is 0.846. The Morgan fingerprint density at radius 1 is 1.33 bits per heavy atom. The summed E-state index contributed by atoms with van der Waals surface area (Å²) in [6.45, 7) is 3.74. The van der Waals surface area contributed by atoms with Gasteiger partial charge in [-0.3, -0.25) is 9.78 Å². The van der Waals surface area contributed by atoms with Crippen LogP contribution in [0.4, 0.5) is 5.69 Å². The van der Waals surface area contributed by atoms with Crippen LogP contribution in [0.1, 0.15) is 21.5 Å². The second kappa shape index (κ2) is 5.14. The molecule has 2 rings (SSSR count). The Labute approximate surface area is 110 Å². The zero-order valence-electron chi connectivity index (χ0n) is 10.1. The molecule has 4 nitrogen and oxygen atoms in total. The molecule has 0 saturated heterocycles. The molecule has 0 unspecified atom stereocenters. The monoisotopic (exact) mass is 261 g/mol. The van der Waals surface area contributed by atoms with Gasteiger partial charge in [0.1, 0.15) is 0 Å². The van der Waals surface area contributed by atoms with Crippen molar-refractivity contribution in [3.63, 3.8) is 0 Å². The molecule has 0 fully saturated rings. The van der Waals surface area contributed by atoms with Crippen molar-refractivity contribution in [1.82, 2.24) is 9.97 Å². The number of amides is 1. The van der Waals surface area contributed by atoms with Crippen LogP contribution >= 0.6 is 11.6 Å². The number of hydrogen-bond donors (Lipinski definition) is 1. The van der Waals surface area contributed by atoms with Gasteiger partial charge in [0.05, 0.1) is 11.3 Å². The SMILES string of the molecule is Cc1cncc(C(=O)Nc2c(C)ccnc2Cl)c1. The van der Waals surface area contributed by atoms with E-state index in [-0.39, 0.29) is 11.1 Å². The zero-order valence-corrected chi connectivity index (χ0v) is 10.8. The summed E-state index contributed by atoms with van der Waals surface area (Å²) >= 11 is 5.95. The number of aromatic nitrogens is 2. The average Bonchev–Trinajstić information content (AvgIpc) is 2.34. The number of pyridine rings is 2. The molecule has 2 aromatic heterocycles. The van der Waals surface area contributed by atoms with Gasteiger partial charge < -0.3 is 5.32 Å². The number of nitrogens with one attached hydrogen (secondary N) is 1. The summed E-state index contributed by atoms with van der Waals surface area (Å²) in [7, 11) is 0. The van der Waals surface area contributed by atoms with Crippen LogP contribution in [0.5, 0.6) is 0 Å². The summed E-state index contributed by atoms with van der Waals surface area (Å²) in [6, 6.07) is 3.55. The maximum Gasteiger partial charge on any atom is 0.257 e. The smallest absolute Gasteiger partial charge is 0.257 e. The van der Waals surface area contributed by atoms with E-state index < -0.39 is 0 Å². The molecular weight excluding hydrogens is 250 g/mol. The molecule has 2 aromatic rings. The van der Waals surface area contributed by atoms with Crippen molar-refractivity contribution in [2.75, 3.05) is 5.32 Å². The molecule has 18 heavy (non-hydrogen) atoms. The zero-order chi connectivity index (χ0) is 13.1. The van der Waals surface area contributed by atoms with Gasteiger partial charge in [-0.05, 0) is 37.1 Å². The molecular formula is C13H12ClN3O. The largest absolute Gasteiger partial charge is 0.319 e. The number of anilines is 1. The van der Waals surface area contributed by atoms with E-state index in [9.17, 15) is 4.79 Å². The highest BCUT2D eigenvalue weighted by Crippen LogP contribution is 2.23. The van der Waals surface area contributed by atoms with Crippen LogP contribution in [0.15, 0.2) is 30.7 Å². The number of carbonyl (C=O) groups excluding carboxylic acids is 1. The number of hydrogen-bond acceptors (Lipinski definition) is 3. The molecule has 2 heterocycles. The van der Waals surface area contributed by atoms with Crippen molar-refractivity contribution >= 4 is 23.2 Å². The van der Waals surface area contributed by atoms with Crippen LogP contribution in [0.25, 0.3) is 0 Å². The number of nitrogens with zero attached hydrogens (tertiary/aromatic N) is 2. The minimum absolute atomic E-state index is 0.246. The fourth-order valence-corrected chi connectivity index (χ4v) is 1.79. The predicted octanol–water partition coefficient (Wildman–Crippen LogP) is 3.00. The number of halogens is 1. The van der Waals surface area contributed by atoms with Gasteiger partial charge in [-0.15, -0.1) is 0 Å². The van der Waals surface area contributed by atoms with Crippen LogP contribution in [0, 0.1) is 13.8 Å². The Morgan fingerprint density at radius 2 is 2.11 bits per heavy atom. The third kappa shape index (κ3) is 2.65. The summed E-state index contributed by atoms with van der Waals surface area (Å²) in [5, 5.41) is 3.03. The van der Waals surface area contributed by atoms with Crippen molar-refractivity contribution in [2.24, 2.45) is 0 Å². The Morgan fingerprint density at radius 3 is 2.78 bits per heavy atom. The lowest BCUT2D eigenvalue weighted by molar-refractivity contribution is 0.102. The number of rotatable bonds is 2. The maximum absolute atomic E-state index is 12.0. The van der Waals surface area contributed by atoms with Crippen molar-refractivity contribution in [3.05, 3.63) is 52.6 Å². The normalized spacial score (nSPS) is 10.2. The van der Waals surface area contributed by atoms with Crippen LogP contribution < -0.4 is 5.32 Å². The van der Waals surface area contributed by atoms with Crippen LogP contribution in [-0.4, -0.2) is 15.9 Å². The standard InChI is InChI=1S/C13H12ClN3O/c1-8-5-10(7-15-6-8)13(18)17-11-9(2)3-4-16-12(11)14/h3-7H,1-2H3,(H,17,18). The lowest BCUT2D eigenvalue weighted by atomic mass is 10.2. The van der Waals surface area contributed by atoms with Crippen LogP contribution in [0.3, 0.4) is 0 Å². The molecule has 0 aliphatic rings. The van der Waals surface area contributed by atoms with Gasteiger partial charge in [-0.2, -0.15) is 0 Å². The van der Waals surface area contributed by atoms with Crippen molar-refractivity contribution in [3.8, 4) is 0 Å². The van der Waals surface area contributed by atoms with Gasteiger partial charge in [0, 0.05) is 18.6 Å². The first-order valence-electron chi connectivity index (χ1n) is 5.42.